The number of aromatic nitrogens is 4. The molecule has 9 heteroatoms. The van der Waals surface area contributed by atoms with Crippen molar-refractivity contribution in [2.45, 2.75) is 13.5 Å². The Bertz CT molecular complexity index is 941. The number of amides is 2. The average Bonchev–Trinajstić information content (AvgIpc) is 3.06. The van der Waals surface area contributed by atoms with E-state index in [1.807, 2.05) is 30.3 Å². The van der Waals surface area contributed by atoms with Gasteiger partial charge in [0.05, 0.1) is 10.7 Å². The molecule has 2 amide bonds. The molecule has 0 atom stereocenters. The predicted molar refractivity (Wildman–Crippen MR) is 97.6 cm³/mol. The molecule has 1 heterocycles. The van der Waals surface area contributed by atoms with Crippen LogP contribution in [0.3, 0.4) is 0 Å². The van der Waals surface area contributed by atoms with Crippen LogP contribution in [0.1, 0.15) is 6.92 Å². The van der Waals surface area contributed by atoms with Gasteiger partial charge in [-0.05, 0) is 23.4 Å². The lowest BCUT2D eigenvalue weighted by Gasteiger charge is -2.09. The highest BCUT2D eigenvalue weighted by Gasteiger charge is 2.11. The maximum Gasteiger partial charge on any atom is 0.248 e. The van der Waals surface area contributed by atoms with E-state index < -0.39 is 0 Å². The van der Waals surface area contributed by atoms with Crippen LogP contribution in [0.15, 0.2) is 48.5 Å². The molecule has 8 nitrogen and oxygen atoms in total. The number of halogens is 1. The zero-order valence-corrected chi connectivity index (χ0v) is 14.6. The van der Waals surface area contributed by atoms with Crippen LogP contribution in [0.5, 0.6) is 0 Å². The Labute approximate surface area is 154 Å². The Balaban J connectivity index is 1.68. The lowest BCUT2D eigenvalue weighted by Crippen LogP contribution is -2.20. The Kier molecular flexibility index (Phi) is 5.23. The third-order valence-electron chi connectivity index (χ3n) is 3.33. The van der Waals surface area contributed by atoms with Gasteiger partial charge in [0.2, 0.25) is 17.6 Å². The van der Waals surface area contributed by atoms with E-state index in [1.54, 1.807) is 18.2 Å². The van der Waals surface area contributed by atoms with Gasteiger partial charge >= 0.3 is 0 Å². The lowest BCUT2D eigenvalue weighted by atomic mass is 10.2. The summed E-state index contributed by atoms with van der Waals surface area (Å²) in [5.41, 5.74) is 1.72. The second-order valence-electron chi connectivity index (χ2n) is 5.43. The van der Waals surface area contributed by atoms with Crippen molar-refractivity contribution in [2.75, 3.05) is 10.6 Å². The molecule has 132 valence electrons. The first-order valence-electron chi connectivity index (χ1n) is 7.71. The summed E-state index contributed by atoms with van der Waals surface area (Å²) >= 11 is 6.09. The fraction of sp³-hybridized carbons (Fsp3) is 0.118. The van der Waals surface area contributed by atoms with Crippen molar-refractivity contribution in [2.24, 2.45) is 0 Å². The van der Waals surface area contributed by atoms with Gasteiger partial charge < -0.3 is 10.6 Å². The Morgan fingerprint density at radius 3 is 2.62 bits per heavy atom. The van der Waals surface area contributed by atoms with Crippen LogP contribution in [0.2, 0.25) is 5.02 Å². The molecule has 3 aromatic rings. The van der Waals surface area contributed by atoms with Crippen molar-refractivity contribution < 1.29 is 9.59 Å². The van der Waals surface area contributed by atoms with E-state index in [4.69, 9.17) is 11.6 Å². The molecule has 0 fully saturated rings. The van der Waals surface area contributed by atoms with Crippen molar-refractivity contribution in [3.63, 3.8) is 0 Å². The van der Waals surface area contributed by atoms with Crippen molar-refractivity contribution in [1.29, 1.82) is 0 Å². The Morgan fingerprint density at radius 2 is 1.88 bits per heavy atom. The first-order chi connectivity index (χ1) is 12.5. The van der Waals surface area contributed by atoms with Gasteiger partial charge in [0.25, 0.3) is 0 Å². The summed E-state index contributed by atoms with van der Waals surface area (Å²) < 4.78 is 0. The minimum Gasteiger partial charge on any atom is -0.326 e. The third kappa shape index (κ3) is 4.42. The summed E-state index contributed by atoms with van der Waals surface area (Å²) in [5.74, 6) is -0.155. The van der Waals surface area contributed by atoms with Gasteiger partial charge in [0, 0.05) is 18.2 Å². The minimum atomic E-state index is -0.371. The molecule has 0 unspecified atom stereocenters. The monoisotopic (exact) mass is 370 g/mol. The van der Waals surface area contributed by atoms with E-state index in [1.165, 1.54) is 11.7 Å². The highest BCUT2D eigenvalue weighted by molar-refractivity contribution is 6.33. The molecule has 0 aliphatic rings. The second-order valence-corrected chi connectivity index (χ2v) is 5.84. The molecule has 0 aliphatic carbocycles. The number of hydrogen-bond acceptors (Lipinski definition) is 5. The zero-order valence-electron chi connectivity index (χ0n) is 13.8. The maximum atomic E-state index is 12.2. The SMILES string of the molecule is CC(=O)Nc1ccc(Cl)c(NC(=O)Cn2nnc(-c3ccccc3)n2)c1. The molecule has 26 heavy (non-hydrogen) atoms. The molecule has 0 spiro atoms. The molecule has 0 saturated heterocycles. The standard InChI is InChI=1S/C17H15ClN6O2/c1-11(25)19-13-7-8-14(18)15(9-13)20-16(26)10-24-22-17(21-23-24)12-5-3-2-4-6-12/h2-9H,10H2,1H3,(H,19,25)(H,20,26). The average molecular weight is 371 g/mol. The molecule has 0 bridgehead atoms. The van der Waals surface area contributed by atoms with Gasteiger partial charge in [-0.15, -0.1) is 10.2 Å². The number of nitrogens with zero attached hydrogens (tertiary/aromatic N) is 4. The topological polar surface area (TPSA) is 102 Å². The van der Waals surface area contributed by atoms with Crippen LogP contribution in [-0.4, -0.2) is 32.0 Å². The molecule has 0 radical (unpaired) electrons. The van der Waals surface area contributed by atoms with Crippen LogP contribution in [0, 0.1) is 0 Å². The molecular formula is C17H15ClN6O2. The maximum absolute atomic E-state index is 12.2. The molecule has 2 N–H and O–H groups in total. The predicted octanol–water partition coefficient (Wildman–Crippen LogP) is 2.59. The number of rotatable bonds is 5. The van der Waals surface area contributed by atoms with E-state index in [9.17, 15) is 9.59 Å². The third-order valence-corrected chi connectivity index (χ3v) is 3.66. The van der Waals surface area contributed by atoms with Gasteiger partial charge in [-0.3, -0.25) is 9.59 Å². The van der Waals surface area contributed by atoms with Crippen molar-refractivity contribution in [3.8, 4) is 11.4 Å². The summed E-state index contributed by atoms with van der Waals surface area (Å²) in [6.07, 6.45) is 0. The largest absolute Gasteiger partial charge is 0.326 e. The molecule has 0 saturated carbocycles. The highest BCUT2D eigenvalue weighted by atomic mass is 35.5. The van der Waals surface area contributed by atoms with Crippen LogP contribution < -0.4 is 10.6 Å². The van der Waals surface area contributed by atoms with E-state index in [0.717, 1.165) is 5.56 Å². The number of anilines is 2. The Morgan fingerprint density at radius 1 is 1.12 bits per heavy atom. The van der Waals surface area contributed by atoms with Gasteiger partial charge in [-0.25, -0.2) is 0 Å². The summed E-state index contributed by atoms with van der Waals surface area (Å²) in [5, 5.41) is 17.7. The molecule has 3 rings (SSSR count). The van der Waals surface area contributed by atoms with Crippen LogP contribution in [0.25, 0.3) is 11.4 Å². The van der Waals surface area contributed by atoms with Gasteiger partial charge in [0.1, 0.15) is 6.54 Å². The number of hydrogen-bond donors (Lipinski definition) is 2. The van der Waals surface area contributed by atoms with Gasteiger partial charge in [0.15, 0.2) is 0 Å². The molecule has 2 aromatic carbocycles. The van der Waals surface area contributed by atoms with Crippen molar-refractivity contribution in [1.82, 2.24) is 20.2 Å². The second kappa shape index (κ2) is 7.75. The summed E-state index contributed by atoms with van der Waals surface area (Å²) in [4.78, 5) is 24.6. The normalized spacial score (nSPS) is 10.4. The molecule has 0 aliphatic heterocycles. The molecule has 1 aromatic heterocycles. The number of tetrazole rings is 1. The van der Waals surface area contributed by atoms with Crippen LogP contribution >= 0.6 is 11.6 Å². The number of benzene rings is 2. The lowest BCUT2D eigenvalue weighted by molar-refractivity contribution is -0.117. The van der Waals surface area contributed by atoms with Crippen molar-refractivity contribution in [3.05, 3.63) is 53.6 Å². The van der Waals surface area contributed by atoms with Gasteiger partial charge in [-0.2, -0.15) is 4.80 Å². The van der Waals surface area contributed by atoms with E-state index >= 15 is 0 Å². The summed E-state index contributed by atoms with van der Waals surface area (Å²) in [7, 11) is 0. The highest BCUT2D eigenvalue weighted by Crippen LogP contribution is 2.25. The number of carbonyl (C=O) groups is 2. The van der Waals surface area contributed by atoms with Crippen LogP contribution in [-0.2, 0) is 16.1 Å². The summed E-state index contributed by atoms with van der Waals surface area (Å²) in [6.45, 7) is 1.27. The van der Waals surface area contributed by atoms with E-state index in [2.05, 4.69) is 26.0 Å². The van der Waals surface area contributed by atoms with E-state index in [0.29, 0.717) is 22.2 Å². The van der Waals surface area contributed by atoms with Gasteiger partial charge in [-0.1, -0.05) is 41.9 Å². The number of nitrogens with one attached hydrogen (secondary N) is 2. The van der Waals surface area contributed by atoms with E-state index in [-0.39, 0.29) is 18.4 Å². The quantitative estimate of drug-likeness (QED) is 0.718. The first kappa shape index (κ1) is 17.6. The van der Waals surface area contributed by atoms with Crippen molar-refractivity contribution >= 4 is 34.8 Å². The smallest absolute Gasteiger partial charge is 0.248 e. The zero-order chi connectivity index (χ0) is 18.5. The fourth-order valence-electron chi connectivity index (χ4n) is 2.23. The first-order valence-corrected chi connectivity index (χ1v) is 8.09. The fourth-order valence-corrected chi connectivity index (χ4v) is 2.40. The minimum absolute atomic E-state index is 0.124. The summed E-state index contributed by atoms with van der Waals surface area (Å²) in [6, 6.07) is 14.1. The van der Waals surface area contributed by atoms with Crippen LogP contribution in [0.4, 0.5) is 11.4 Å². The molecular weight excluding hydrogens is 356 g/mol. The Hall–Kier alpha value is -3.26. The number of carbonyl (C=O) groups excluding carboxylic acids is 2.